The van der Waals surface area contributed by atoms with Crippen LogP contribution in [0, 0.1) is 0 Å². The van der Waals surface area contributed by atoms with Gasteiger partial charge in [-0.3, -0.25) is 10.2 Å². The van der Waals surface area contributed by atoms with Gasteiger partial charge in [-0.1, -0.05) is 27.3 Å². The number of amides is 1. The van der Waals surface area contributed by atoms with Crippen LogP contribution in [-0.4, -0.2) is 16.5 Å². The molecule has 0 atom stereocenters. The van der Waals surface area contributed by atoms with E-state index in [1.54, 1.807) is 19.9 Å². The lowest BCUT2D eigenvalue weighted by Gasteiger charge is -2.25. The number of hydrogen-bond donors (Lipinski definition) is 3. The third-order valence-electron chi connectivity index (χ3n) is 3.50. The van der Waals surface area contributed by atoms with Crippen molar-refractivity contribution in [1.82, 2.24) is 4.98 Å². The van der Waals surface area contributed by atoms with Crippen molar-refractivity contribution in [2.75, 3.05) is 10.7 Å². The molecule has 0 aliphatic rings. The van der Waals surface area contributed by atoms with E-state index in [9.17, 15) is 4.79 Å². The molecule has 3 aromatic rings. The molecular weight excluding hydrogens is 404 g/mol. The van der Waals surface area contributed by atoms with E-state index in [-0.39, 0.29) is 5.91 Å². The number of aromatic nitrogens is 1. The first-order valence-corrected chi connectivity index (χ1v) is 9.11. The molecule has 25 heavy (non-hydrogen) atoms. The second kappa shape index (κ2) is 6.99. The van der Waals surface area contributed by atoms with Gasteiger partial charge in [0.25, 0.3) is 5.91 Å². The molecule has 0 radical (unpaired) electrons. The molecule has 6 nitrogen and oxygen atoms in total. The maximum atomic E-state index is 12.6. The predicted molar refractivity (Wildman–Crippen MR) is 105 cm³/mol. The minimum atomic E-state index is -1.03. The molecule has 8 heteroatoms. The number of benzene rings is 2. The summed E-state index contributed by atoms with van der Waals surface area (Å²) in [7, 11) is 0. The number of halogens is 1. The van der Waals surface area contributed by atoms with Gasteiger partial charge in [0.05, 0.1) is 10.2 Å². The van der Waals surface area contributed by atoms with Crippen LogP contribution >= 0.6 is 27.3 Å². The molecule has 0 unspecified atom stereocenters. The number of nitrogen functional groups attached to an aromatic ring is 1. The van der Waals surface area contributed by atoms with Gasteiger partial charge in [0.1, 0.15) is 5.75 Å². The largest absolute Gasteiger partial charge is 0.478 e. The highest BCUT2D eigenvalue weighted by Crippen LogP contribution is 2.28. The van der Waals surface area contributed by atoms with Crippen molar-refractivity contribution in [2.45, 2.75) is 19.4 Å². The Labute approximate surface area is 157 Å². The van der Waals surface area contributed by atoms with Crippen molar-refractivity contribution in [3.63, 3.8) is 0 Å². The van der Waals surface area contributed by atoms with Gasteiger partial charge < -0.3 is 10.1 Å². The first-order chi connectivity index (χ1) is 11.9. The maximum absolute atomic E-state index is 12.6. The van der Waals surface area contributed by atoms with Crippen LogP contribution in [0.5, 0.6) is 5.75 Å². The summed E-state index contributed by atoms with van der Waals surface area (Å²) >= 11 is 4.79. The van der Waals surface area contributed by atoms with Gasteiger partial charge in [0.15, 0.2) is 10.7 Å². The highest BCUT2D eigenvalue weighted by molar-refractivity contribution is 9.10. The van der Waals surface area contributed by atoms with Crippen molar-refractivity contribution >= 4 is 54.2 Å². The second-order valence-corrected chi connectivity index (χ2v) is 7.81. The zero-order chi connectivity index (χ0) is 18.0. The van der Waals surface area contributed by atoms with Crippen LogP contribution in [0.1, 0.15) is 13.8 Å². The second-order valence-electron chi connectivity index (χ2n) is 5.87. The standard InChI is InChI=1S/C17H17BrN4O2S/c1-17(2,24-12-6-3-10(18)4-7-12)15(23)20-11-5-8-13-14(9-11)25-16(21-13)22-19/h3-9H,19H2,1-2H3,(H,20,23)(H,21,22). The van der Waals surface area contributed by atoms with Crippen molar-refractivity contribution in [3.05, 3.63) is 46.9 Å². The topological polar surface area (TPSA) is 89.3 Å². The number of hydrazine groups is 1. The Morgan fingerprint density at radius 1 is 1.24 bits per heavy atom. The molecular formula is C17H17BrN4O2S. The lowest BCUT2D eigenvalue weighted by molar-refractivity contribution is -0.128. The fraction of sp³-hybridized carbons (Fsp3) is 0.176. The average Bonchev–Trinajstić information content (AvgIpc) is 2.99. The number of ether oxygens (including phenoxy) is 1. The first kappa shape index (κ1) is 17.7. The summed E-state index contributed by atoms with van der Waals surface area (Å²) < 4.78 is 7.71. The summed E-state index contributed by atoms with van der Waals surface area (Å²) in [6.45, 7) is 3.46. The number of anilines is 2. The Morgan fingerprint density at radius 2 is 1.96 bits per heavy atom. The van der Waals surface area contributed by atoms with E-state index in [4.69, 9.17) is 10.6 Å². The fourth-order valence-corrected chi connectivity index (χ4v) is 3.27. The minimum absolute atomic E-state index is 0.239. The minimum Gasteiger partial charge on any atom is -0.478 e. The Balaban J connectivity index is 1.74. The third-order valence-corrected chi connectivity index (χ3v) is 4.98. The Morgan fingerprint density at radius 3 is 2.64 bits per heavy atom. The van der Waals surface area contributed by atoms with Gasteiger partial charge in [-0.25, -0.2) is 10.8 Å². The van der Waals surface area contributed by atoms with Gasteiger partial charge in [-0.15, -0.1) is 0 Å². The van der Waals surface area contributed by atoms with Crippen LogP contribution in [0.3, 0.4) is 0 Å². The number of hydrogen-bond acceptors (Lipinski definition) is 6. The summed E-state index contributed by atoms with van der Waals surface area (Å²) in [5.41, 5.74) is 3.00. The zero-order valence-electron chi connectivity index (χ0n) is 13.7. The number of nitrogens with zero attached hydrogens (tertiary/aromatic N) is 1. The summed E-state index contributed by atoms with van der Waals surface area (Å²) in [5.74, 6) is 5.77. The lowest BCUT2D eigenvalue weighted by Crippen LogP contribution is -2.42. The van der Waals surface area contributed by atoms with Crippen molar-refractivity contribution < 1.29 is 9.53 Å². The summed E-state index contributed by atoms with van der Waals surface area (Å²) in [6, 6.07) is 12.9. The quantitative estimate of drug-likeness (QED) is 0.426. The molecule has 4 N–H and O–H groups in total. The molecule has 0 aliphatic heterocycles. The zero-order valence-corrected chi connectivity index (χ0v) is 16.1. The molecule has 0 saturated carbocycles. The number of carbonyl (C=O) groups excluding carboxylic acids is 1. The van der Waals surface area contributed by atoms with Crippen LogP contribution < -0.4 is 21.3 Å². The number of thiazole rings is 1. The molecule has 0 aliphatic carbocycles. The van der Waals surface area contributed by atoms with Crippen molar-refractivity contribution in [2.24, 2.45) is 5.84 Å². The molecule has 0 fully saturated rings. The van der Waals surface area contributed by atoms with Crippen LogP contribution in [0.2, 0.25) is 0 Å². The number of nitrogens with two attached hydrogens (primary N) is 1. The van der Waals surface area contributed by atoms with E-state index in [1.165, 1.54) is 11.3 Å². The molecule has 0 spiro atoms. The Kier molecular flexibility index (Phi) is 4.94. The van der Waals surface area contributed by atoms with E-state index in [0.29, 0.717) is 16.6 Å². The maximum Gasteiger partial charge on any atom is 0.267 e. The number of nitrogens with one attached hydrogen (secondary N) is 2. The summed E-state index contributed by atoms with van der Waals surface area (Å²) in [5, 5.41) is 3.51. The molecule has 1 amide bonds. The van der Waals surface area contributed by atoms with Crippen LogP contribution in [-0.2, 0) is 4.79 Å². The number of rotatable bonds is 5. The van der Waals surface area contributed by atoms with E-state index in [1.807, 2.05) is 36.4 Å². The monoisotopic (exact) mass is 420 g/mol. The molecule has 0 bridgehead atoms. The normalized spacial score (nSPS) is 11.4. The Hall–Kier alpha value is -2.16. The summed E-state index contributed by atoms with van der Waals surface area (Å²) in [6.07, 6.45) is 0. The van der Waals surface area contributed by atoms with Crippen LogP contribution in [0.25, 0.3) is 10.2 Å². The number of carbonyl (C=O) groups is 1. The van der Waals surface area contributed by atoms with Gasteiger partial charge >= 0.3 is 0 Å². The molecule has 1 aromatic heterocycles. The molecule has 3 rings (SSSR count). The first-order valence-electron chi connectivity index (χ1n) is 7.50. The fourth-order valence-electron chi connectivity index (χ4n) is 2.19. The van der Waals surface area contributed by atoms with Gasteiger partial charge in [0.2, 0.25) is 0 Å². The smallest absolute Gasteiger partial charge is 0.267 e. The lowest BCUT2D eigenvalue weighted by atomic mass is 10.1. The average molecular weight is 421 g/mol. The van der Waals surface area contributed by atoms with Gasteiger partial charge in [-0.05, 0) is 56.3 Å². The van der Waals surface area contributed by atoms with E-state index in [0.717, 1.165) is 14.7 Å². The molecule has 2 aromatic carbocycles. The van der Waals surface area contributed by atoms with E-state index < -0.39 is 5.60 Å². The molecule has 130 valence electrons. The van der Waals surface area contributed by atoms with Crippen LogP contribution in [0.15, 0.2) is 46.9 Å². The molecule has 1 heterocycles. The van der Waals surface area contributed by atoms with Gasteiger partial charge in [-0.2, -0.15) is 0 Å². The predicted octanol–water partition coefficient (Wildman–Crippen LogP) is 4.14. The van der Waals surface area contributed by atoms with E-state index >= 15 is 0 Å². The van der Waals surface area contributed by atoms with E-state index in [2.05, 4.69) is 31.7 Å². The van der Waals surface area contributed by atoms with Crippen LogP contribution in [0.4, 0.5) is 10.8 Å². The molecule has 0 saturated heterocycles. The van der Waals surface area contributed by atoms with Gasteiger partial charge in [0, 0.05) is 10.2 Å². The number of fused-ring (bicyclic) bond motifs is 1. The van der Waals surface area contributed by atoms with Crippen molar-refractivity contribution in [3.8, 4) is 5.75 Å². The summed E-state index contributed by atoms with van der Waals surface area (Å²) in [4.78, 5) is 16.9. The Bertz CT molecular complexity index is 909. The highest BCUT2D eigenvalue weighted by Gasteiger charge is 2.30. The third kappa shape index (κ3) is 4.09. The van der Waals surface area contributed by atoms with Crippen molar-refractivity contribution in [1.29, 1.82) is 0 Å². The highest BCUT2D eigenvalue weighted by atomic mass is 79.9. The SMILES string of the molecule is CC(C)(Oc1ccc(Br)cc1)C(=O)Nc1ccc2nc(NN)sc2c1.